The van der Waals surface area contributed by atoms with E-state index >= 15 is 0 Å². The van der Waals surface area contributed by atoms with Gasteiger partial charge in [-0.1, -0.05) is 6.07 Å². The third-order valence-electron chi connectivity index (χ3n) is 2.72. The zero-order valence-corrected chi connectivity index (χ0v) is 12.8. The molecule has 0 atom stereocenters. The summed E-state index contributed by atoms with van der Waals surface area (Å²) in [5, 5.41) is 31.1. The molecule has 1 aromatic heterocycles. The van der Waals surface area contributed by atoms with Crippen molar-refractivity contribution < 1.29 is 28.5 Å². The summed E-state index contributed by atoms with van der Waals surface area (Å²) in [5.41, 5.74) is -1.51. The topological polar surface area (TPSA) is 136 Å². The molecule has 0 saturated heterocycles. The highest BCUT2D eigenvalue weighted by molar-refractivity contribution is 7.91. The minimum atomic E-state index is -3.63. The van der Waals surface area contributed by atoms with Crippen LogP contribution in [0.15, 0.2) is 21.7 Å². The first-order chi connectivity index (χ1) is 9.89. The second-order valence-corrected chi connectivity index (χ2v) is 7.32. The average molecular weight is 338 g/mol. The van der Waals surface area contributed by atoms with E-state index in [9.17, 15) is 13.2 Å². The second kappa shape index (κ2) is 7.82. The van der Waals surface area contributed by atoms with Gasteiger partial charge in [-0.05, 0) is 11.4 Å². The molecule has 0 aromatic carbocycles. The number of aliphatic hydroxyl groups is 3. The van der Waals surface area contributed by atoms with E-state index in [1.807, 2.05) is 0 Å². The van der Waals surface area contributed by atoms with Crippen molar-refractivity contribution >= 4 is 27.3 Å². The molecule has 1 amide bonds. The van der Waals surface area contributed by atoms with E-state index in [0.717, 1.165) is 11.3 Å². The first-order valence-electron chi connectivity index (χ1n) is 6.06. The Morgan fingerprint density at radius 1 is 1.24 bits per heavy atom. The van der Waals surface area contributed by atoms with Crippen LogP contribution in [0.25, 0.3) is 0 Å². The van der Waals surface area contributed by atoms with Crippen molar-refractivity contribution in [3.05, 3.63) is 17.5 Å². The van der Waals surface area contributed by atoms with Crippen molar-refractivity contribution in [3.63, 3.8) is 0 Å². The van der Waals surface area contributed by atoms with Crippen LogP contribution >= 0.6 is 11.3 Å². The van der Waals surface area contributed by atoms with Gasteiger partial charge < -0.3 is 20.6 Å². The lowest BCUT2D eigenvalue weighted by Gasteiger charge is -2.28. The highest BCUT2D eigenvalue weighted by Crippen LogP contribution is 2.15. The molecule has 8 nitrogen and oxygen atoms in total. The Balaban J connectivity index is 2.47. The molecule has 1 aromatic rings. The van der Waals surface area contributed by atoms with Gasteiger partial charge in [0.25, 0.3) is 0 Å². The minimum absolute atomic E-state index is 0.134. The average Bonchev–Trinajstić information content (AvgIpc) is 3.00. The summed E-state index contributed by atoms with van der Waals surface area (Å²) in [4.78, 5) is 11.6. The van der Waals surface area contributed by atoms with Crippen LogP contribution in [0.3, 0.4) is 0 Å². The van der Waals surface area contributed by atoms with Crippen LogP contribution in [0.5, 0.6) is 0 Å². The molecule has 10 heteroatoms. The summed E-state index contributed by atoms with van der Waals surface area (Å²) in [6, 6.07) is 3.05. The van der Waals surface area contributed by atoms with Crippen molar-refractivity contribution in [2.24, 2.45) is 0 Å². The predicted octanol–water partition coefficient (Wildman–Crippen LogP) is -1.75. The Labute approximate surface area is 126 Å². The van der Waals surface area contributed by atoms with E-state index in [1.165, 1.54) is 6.07 Å². The summed E-state index contributed by atoms with van der Waals surface area (Å²) in [6.45, 7) is -2.03. The summed E-state index contributed by atoms with van der Waals surface area (Å²) in [5.74, 6) is -0.596. The minimum Gasteiger partial charge on any atom is -0.394 e. The fourth-order valence-electron chi connectivity index (χ4n) is 1.41. The van der Waals surface area contributed by atoms with Crippen LogP contribution in [-0.2, 0) is 14.8 Å². The number of carbonyl (C=O) groups excluding carboxylic acids is 1. The van der Waals surface area contributed by atoms with Crippen molar-refractivity contribution in [2.45, 2.75) is 16.2 Å². The van der Waals surface area contributed by atoms with Crippen LogP contribution < -0.4 is 10.0 Å². The monoisotopic (exact) mass is 338 g/mol. The summed E-state index contributed by atoms with van der Waals surface area (Å²) in [7, 11) is -3.63. The first kappa shape index (κ1) is 18.0. The fraction of sp³-hybridized carbons (Fsp3) is 0.545. The largest absolute Gasteiger partial charge is 0.394 e. The van der Waals surface area contributed by atoms with Gasteiger partial charge in [0.05, 0.1) is 19.8 Å². The predicted molar refractivity (Wildman–Crippen MR) is 76.3 cm³/mol. The Hall–Kier alpha value is -1.04. The lowest BCUT2D eigenvalue weighted by molar-refractivity contribution is -0.125. The molecule has 0 bridgehead atoms. The second-order valence-electron chi connectivity index (χ2n) is 4.38. The van der Waals surface area contributed by atoms with Gasteiger partial charge in [-0.15, -0.1) is 11.3 Å². The standard InChI is InChI=1S/C11H18N2O6S2/c14-6-11(7-15,8-16)13-9(17)3-4-12-21(18,19)10-2-1-5-20-10/h1-2,5,12,14-16H,3-4,6-8H2,(H,13,17). The van der Waals surface area contributed by atoms with E-state index in [-0.39, 0.29) is 17.2 Å². The lowest BCUT2D eigenvalue weighted by atomic mass is 10.0. The molecule has 0 fully saturated rings. The molecular formula is C11H18N2O6S2. The van der Waals surface area contributed by atoms with Crippen molar-refractivity contribution in [1.82, 2.24) is 10.0 Å². The molecule has 0 aliphatic carbocycles. The maximum Gasteiger partial charge on any atom is 0.250 e. The molecule has 0 unspecified atom stereocenters. The lowest BCUT2D eigenvalue weighted by Crippen LogP contribution is -2.57. The maximum atomic E-state index is 11.8. The van der Waals surface area contributed by atoms with E-state index in [4.69, 9.17) is 15.3 Å². The van der Waals surface area contributed by atoms with Crippen LogP contribution in [0.2, 0.25) is 0 Å². The maximum absolute atomic E-state index is 11.8. The van der Waals surface area contributed by atoms with Gasteiger partial charge in [-0.2, -0.15) is 0 Å². The van der Waals surface area contributed by atoms with E-state index in [0.29, 0.717) is 0 Å². The molecule has 120 valence electrons. The van der Waals surface area contributed by atoms with Gasteiger partial charge in [-0.25, -0.2) is 13.1 Å². The zero-order chi connectivity index (χ0) is 15.9. The molecule has 5 N–H and O–H groups in total. The number of aliphatic hydroxyl groups excluding tert-OH is 3. The molecule has 0 aliphatic heterocycles. The number of rotatable bonds is 9. The highest BCUT2D eigenvalue weighted by atomic mass is 32.2. The Kier molecular flexibility index (Phi) is 6.71. The number of carbonyl (C=O) groups is 1. The number of thiophene rings is 1. The molecule has 1 rings (SSSR count). The number of sulfonamides is 1. The summed E-state index contributed by atoms with van der Waals surface area (Å²) in [6.07, 6.45) is -0.188. The Morgan fingerprint density at radius 3 is 2.33 bits per heavy atom. The molecule has 0 aliphatic rings. The Bertz CT molecular complexity index is 531. The third kappa shape index (κ3) is 5.02. The van der Waals surface area contributed by atoms with Crippen molar-refractivity contribution in [1.29, 1.82) is 0 Å². The molecule has 21 heavy (non-hydrogen) atoms. The van der Waals surface area contributed by atoms with E-state index in [1.54, 1.807) is 11.4 Å². The fourth-order valence-corrected chi connectivity index (χ4v) is 3.48. The van der Waals surface area contributed by atoms with Gasteiger partial charge in [0.15, 0.2) is 0 Å². The summed E-state index contributed by atoms with van der Waals surface area (Å²) < 4.78 is 26.0. The first-order valence-corrected chi connectivity index (χ1v) is 8.42. The molecule has 0 saturated carbocycles. The van der Waals surface area contributed by atoms with E-state index in [2.05, 4.69) is 10.0 Å². The number of nitrogens with one attached hydrogen (secondary N) is 2. The van der Waals surface area contributed by atoms with Crippen LogP contribution in [0.1, 0.15) is 6.42 Å². The van der Waals surface area contributed by atoms with Gasteiger partial charge >= 0.3 is 0 Å². The molecule has 0 radical (unpaired) electrons. The normalized spacial score (nSPS) is 12.3. The zero-order valence-electron chi connectivity index (χ0n) is 11.2. The Morgan fingerprint density at radius 2 is 1.86 bits per heavy atom. The van der Waals surface area contributed by atoms with Crippen LogP contribution in [0.4, 0.5) is 0 Å². The van der Waals surface area contributed by atoms with Gasteiger partial charge in [0.1, 0.15) is 9.75 Å². The number of hydrogen-bond donors (Lipinski definition) is 5. The number of amides is 1. The van der Waals surface area contributed by atoms with Crippen molar-refractivity contribution in [3.8, 4) is 0 Å². The van der Waals surface area contributed by atoms with Gasteiger partial charge in [-0.3, -0.25) is 4.79 Å². The third-order valence-corrected chi connectivity index (χ3v) is 5.58. The highest BCUT2D eigenvalue weighted by Gasteiger charge is 2.29. The quantitative estimate of drug-likeness (QED) is 0.362. The summed E-state index contributed by atoms with van der Waals surface area (Å²) >= 11 is 1.06. The van der Waals surface area contributed by atoms with Crippen molar-refractivity contribution in [2.75, 3.05) is 26.4 Å². The van der Waals surface area contributed by atoms with Crippen LogP contribution in [0, 0.1) is 0 Å². The number of hydrogen-bond acceptors (Lipinski definition) is 7. The molecular weight excluding hydrogens is 320 g/mol. The smallest absolute Gasteiger partial charge is 0.250 e. The van der Waals surface area contributed by atoms with Gasteiger partial charge in [0, 0.05) is 13.0 Å². The van der Waals surface area contributed by atoms with E-state index < -0.39 is 41.3 Å². The van der Waals surface area contributed by atoms with Crippen LogP contribution in [-0.4, -0.2) is 61.5 Å². The molecule has 0 spiro atoms. The SMILES string of the molecule is O=C(CCNS(=O)(=O)c1cccs1)NC(CO)(CO)CO. The molecule has 1 heterocycles. The van der Waals surface area contributed by atoms with Gasteiger partial charge in [0.2, 0.25) is 15.9 Å².